The first-order chi connectivity index (χ1) is 16.8. The number of pyridine rings is 1. The van der Waals surface area contributed by atoms with Crippen LogP contribution in [0.2, 0.25) is 0 Å². The largest absolute Gasteiger partial charge is 0.341 e. The summed E-state index contributed by atoms with van der Waals surface area (Å²) in [6.45, 7) is 6.18. The summed E-state index contributed by atoms with van der Waals surface area (Å²) in [6, 6.07) is 9.66. The van der Waals surface area contributed by atoms with Gasteiger partial charge in [0.05, 0.1) is 12.1 Å². The van der Waals surface area contributed by atoms with Gasteiger partial charge in [-0.3, -0.25) is 18.9 Å². The van der Waals surface area contributed by atoms with Crippen molar-refractivity contribution in [1.82, 2.24) is 23.7 Å². The van der Waals surface area contributed by atoms with Crippen molar-refractivity contribution in [3.05, 3.63) is 74.6 Å². The minimum atomic E-state index is -0.392. The van der Waals surface area contributed by atoms with Crippen molar-refractivity contribution in [2.75, 3.05) is 18.0 Å². The summed E-state index contributed by atoms with van der Waals surface area (Å²) in [6.07, 6.45) is 5.71. The number of piperidine rings is 1. The number of imidazole rings is 1. The van der Waals surface area contributed by atoms with Crippen LogP contribution in [-0.4, -0.2) is 42.8 Å². The molecule has 4 aromatic rings. The van der Waals surface area contributed by atoms with E-state index < -0.39 is 5.69 Å². The molecule has 9 heteroatoms. The van der Waals surface area contributed by atoms with Crippen LogP contribution in [0.4, 0.5) is 5.95 Å². The monoisotopic (exact) mass is 473 g/mol. The number of anilines is 1. The molecular weight excluding hydrogens is 442 g/mol. The molecule has 35 heavy (non-hydrogen) atoms. The van der Waals surface area contributed by atoms with E-state index in [1.807, 2.05) is 48.7 Å². The number of nitrogens with two attached hydrogens (primary N) is 1. The standard InChI is InChI=1S/C26H31N7O2/c1-17(2)11-14-32-22-23(29-25(32)31-13-6-7-19(27)16-31)30(3)26(35)33(24(22)34)15-18-10-12-28-21-9-5-4-8-20(18)21/h4-5,8-12,19H,6-7,13-16,27H2,1-3H3. The first kappa shape index (κ1) is 23.0. The van der Waals surface area contributed by atoms with Crippen molar-refractivity contribution in [2.24, 2.45) is 12.8 Å². The molecule has 1 unspecified atom stereocenters. The third-order valence-corrected chi connectivity index (χ3v) is 6.70. The smallest absolute Gasteiger partial charge is 0.332 e. The number of hydrogen-bond acceptors (Lipinski definition) is 6. The Kier molecular flexibility index (Phi) is 6.02. The molecule has 0 aliphatic carbocycles. The van der Waals surface area contributed by atoms with Crippen LogP contribution in [0.3, 0.4) is 0 Å². The van der Waals surface area contributed by atoms with Crippen molar-refractivity contribution in [2.45, 2.75) is 45.8 Å². The van der Waals surface area contributed by atoms with Crippen LogP contribution in [0.1, 0.15) is 32.3 Å². The van der Waals surface area contributed by atoms with E-state index in [4.69, 9.17) is 10.7 Å². The van der Waals surface area contributed by atoms with Crippen LogP contribution in [0.15, 0.2) is 57.8 Å². The van der Waals surface area contributed by atoms with E-state index in [-0.39, 0.29) is 18.1 Å². The number of aryl methyl sites for hydroxylation is 1. The molecule has 2 N–H and O–H groups in total. The number of hydrogen-bond donors (Lipinski definition) is 1. The van der Waals surface area contributed by atoms with Crippen LogP contribution in [0, 0.1) is 0 Å². The zero-order valence-electron chi connectivity index (χ0n) is 20.4. The van der Waals surface area contributed by atoms with Crippen molar-refractivity contribution < 1.29 is 0 Å². The summed E-state index contributed by atoms with van der Waals surface area (Å²) in [5.74, 6) is 0.687. The molecule has 0 bridgehead atoms. The fourth-order valence-electron chi connectivity index (χ4n) is 4.84. The van der Waals surface area contributed by atoms with E-state index in [0.29, 0.717) is 30.2 Å². The fourth-order valence-corrected chi connectivity index (χ4v) is 4.84. The molecule has 1 aromatic carbocycles. The lowest BCUT2D eigenvalue weighted by molar-refractivity contribution is 0.495. The number of aromatic nitrogens is 5. The second-order valence-electron chi connectivity index (χ2n) is 9.54. The maximum absolute atomic E-state index is 13.9. The molecule has 5 rings (SSSR count). The average molecular weight is 474 g/mol. The Morgan fingerprint density at radius 1 is 1.17 bits per heavy atom. The van der Waals surface area contributed by atoms with Crippen molar-refractivity contribution in [3.8, 4) is 0 Å². The van der Waals surface area contributed by atoms with Crippen LogP contribution in [0.25, 0.3) is 22.1 Å². The Morgan fingerprint density at radius 3 is 2.74 bits per heavy atom. The molecule has 0 saturated carbocycles. The summed E-state index contributed by atoms with van der Waals surface area (Å²) in [4.78, 5) is 38.6. The highest BCUT2D eigenvalue weighted by molar-refractivity contribution is 5.82. The lowest BCUT2D eigenvalue weighted by Crippen LogP contribution is -2.44. The molecule has 3 aromatic heterocycles. The predicted octanol–water partition coefficient (Wildman–Crippen LogP) is 2.39. The number of para-hydroxylation sites is 1. The van der Waals surface area contributed by atoms with Gasteiger partial charge >= 0.3 is 5.69 Å². The lowest BCUT2D eigenvalue weighted by Gasteiger charge is -2.31. The highest BCUT2D eigenvalue weighted by Crippen LogP contribution is 2.24. The maximum Gasteiger partial charge on any atom is 0.332 e. The molecule has 1 aliphatic heterocycles. The SMILES string of the molecule is CC(C)=CCn1c(N2CCCC(N)C2)nc2c1c(=O)n(Cc1ccnc3ccccc13)c(=O)n2C. The Balaban J connectivity index is 1.72. The number of fused-ring (bicyclic) bond motifs is 2. The van der Waals surface area contributed by atoms with E-state index in [1.54, 1.807) is 13.2 Å². The van der Waals surface area contributed by atoms with Gasteiger partial charge < -0.3 is 15.2 Å². The second kappa shape index (κ2) is 9.14. The van der Waals surface area contributed by atoms with Gasteiger partial charge in [0.2, 0.25) is 5.95 Å². The van der Waals surface area contributed by atoms with Gasteiger partial charge in [0.1, 0.15) is 0 Å². The Hall–Kier alpha value is -3.72. The van der Waals surface area contributed by atoms with Gasteiger partial charge in [-0.05, 0) is 44.4 Å². The fraction of sp³-hybridized carbons (Fsp3) is 0.385. The van der Waals surface area contributed by atoms with E-state index >= 15 is 0 Å². The first-order valence-electron chi connectivity index (χ1n) is 12.0. The van der Waals surface area contributed by atoms with Gasteiger partial charge in [0.25, 0.3) is 5.56 Å². The first-order valence-corrected chi connectivity index (χ1v) is 12.0. The molecule has 1 saturated heterocycles. The summed E-state index contributed by atoms with van der Waals surface area (Å²) in [5.41, 5.74) is 9.18. The van der Waals surface area contributed by atoms with Crippen molar-refractivity contribution in [3.63, 3.8) is 0 Å². The van der Waals surface area contributed by atoms with Crippen LogP contribution < -0.4 is 21.9 Å². The van der Waals surface area contributed by atoms with Crippen LogP contribution >= 0.6 is 0 Å². The number of nitrogens with zero attached hydrogens (tertiary/aromatic N) is 6. The third-order valence-electron chi connectivity index (χ3n) is 6.70. The molecule has 1 atom stereocenters. The third kappa shape index (κ3) is 4.16. The Bertz CT molecular complexity index is 1550. The molecule has 182 valence electrons. The highest BCUT2D eigenvalue weighted by atomic mass is 16.2. The minimum absolute atomic E-state index is 0.0564. The highest BCUT2D eigenvalue weighted by Gasteiger charge is 2.26. The molecule has 4 heterocycles. The summed E-state index contributed by atoms with van der Waals surface area (Å²) < 4.78 is 4.71. The van der Waals surface area contributed by atoms with Crippen molar-refractivity contribution >= 4 is 28.0 Å². The van der Waals surface area contributed by atoms with E-state index in [2.05, 4.69) is 16.0 Å². The topological polar surface area (TPSA) is 104 Å². The zero-order valence-corrected chi connectivity index (χ0v) is 20.4. The van der Waals surface area contributed by atoms with E-state index in [9.17, 15) is 9.59 Å². The van der Waals surface area contributed by atoms with Crippen LogP contribution in [0.5, 0.6) is 0 Å². The molecule has 0 radical (unpaired) electrons. The molecule has 1 aliphatic rings. The zero-order chi connectivity index (χ0) is 24.7. The molecule has 0 amide bonds. The van der Waals surface area contributed by atoms with Crippen molar-refractivity contribution in [1.29, 1.82) is 0 Å². The minimum Gasteiger partial charge on any atom is -0.341 e. The lowest BCUT2D eigenvalue weighted by atomic mass is 10.1. The van der Waals surface area contributed by atoms with Gasteiger partial charge in [0.15, 0.2) is 11.2 Å². The van der Waals surface area contributed by atoms with Crippen LogP contribution in [-0.2, 0) is 20.1 Å². The normalized spacial score (nSPS) is 16.2. The number of rotatable bonds is 5. The summed E-state index contributed by atoms with van der Waals surface area (Å²) in [5, 5.41) is 0.921. The maximum atomic E-state index is 13.9. The molecule has 9 nitrogen and oxygen atoms in total. The van der Waals surface area contributed by atoms with Gasteiger partial charge in [0, 0.05) is 44.3 Å². The number of allylic oxidation sites excluding steroid dienone is 2. The molecule has 1 fully saturated rings. The average Bonchev–Trinajstić information content (AvgIpc) is 3.24. The summed E-state index contributed by atoms with van der Waals surface area (Å²) in [7, 11) is 1.68. The van der Waals surface area contributed by atoms with Gasteiger partial charge in [-0.2, -0.15) is 4.98 Å². The second-order valence-corrected chi connectivity index (χ2v) is 9.54. The summed E-state index contributed by atoms with van der Waals surface area (Å²) >= 11 is 0. The van der Waals surface area contributed by atoms with Gasteiger partial charge in [-0.25, -0.2) is 4.79 Å². The Labute approximate surface area is 203 Å². The number of benzene rings is 1. The Morgan fingerprint density at radius 2 is 1.97 bits per heavy atom. The predicted molar refractivity (Wildman–Crippen MR) is 139 cm³/mol. The molecular formula is C26H31N7O2. The van der Waals surface area contributed by atoms with E-state index in [0.717, 1.165) is 41.4 Å². The van der Waals surface area contributed by atoms with Gasteiger partial charge in [-0.1, -0.05) is 29.8 Å². The van der Waals surface area contributed by atoms with E-state index in [1.165, 1.54) is 9.13 Å². The van der Waals surface area contributed by atoms with Gasteiger partial charge in [-0.15, -0.1) is 0 Å². The molecule has 0 spiro atoms. The quantitative estimate of drug-likeness (QED) is 0.447.